The lowest BCUT2D eigenvalue weighted by molar-refractivity contribution is 1.02. The fourth-order valence-electron chi connectivity index (χ4n) is 1.90. The van der Waals surface area contributed by atoms with Crippen LogP contribution in [0.1, 0.15) is 0 Å². The molecule has 1 aromatic carbocycles. The molecule has 0 radical (unpaired) electrons. The smallest absolute Gasteiger partial charge is 0.223 e. The van der Waals surface area contributed by atoms with E-state index in [1.807, 2.05) is 35.0 Å². The fraction of sp³-hybridized carbons (Fsp3) is 0. The average Bonchev–Trinajstić information content (AvgIpc) is 2.70. The van der Waals surface area contributed by atoms with Crippen LogP contribution in [0.25, 0.3) is 16.7 Å². The quantitative estimate of drug-likeness (QED) is 0.723. The van der Waals surface area contributed by atoms with Gasteiger partial charge in [-0.1, -0.05) is 22.0 Å². The van der Waals surface area contributed by atoms with Gasteiger partial charge in [0.2, 0.25) is 5.95 Å². The highest BCUT2D eigenvalue weighted by Gasteiger charge is 2.06. The van der Waals surface area contributed by atoms with Crippen molar-refractivity contribution in [1.82, 2.24) is 14.5 Å². The molecule has 0 aliphatic rings. The molecule has 2 aromatic heterocycles. The molecule has 0 aliphatic carbocycles. The van der Waals surface area contributed by atoms with Crippen LogP contribution in [-0.4, -0.2) is 14.5 Å². The molecule has 6 heteroatoms. The molecule has 0 fully saturated rings. The minimum Gasteiger partial charge on any atom is -0.383 e. The van der Waals surface area contributed by atoms with Crippen LogP contribution in [0.2, 0.25) is 0 Å². The molecule has 2 heterocycles. The summed E-state index contributed by atoms with van der Waals surface area (Å²) < 4.78 is 2.93. The van der Waals surface area contributed by atoms with Gasteiger partial charge < -0.3 is 16.0 Å². The maximum absolute atomic E-state index is 5.69. The molecule has 0 saturated carbocycles. The summed E-state index contributed by atoms with van der Waals surface area (Å²) in [5.74, 6) is 1.18. The summed E-state index contributed by atoms with van der Waals surface area (Å²) >= 11 is 3.46. The molecule has 3 rings (SSSR count). The molecule has 0 aliphatic heterocycles. The topological polar surface area (TPSA) is 82.8 Å². The monoisotopic (exact) mass is 303 g/mol. The second-order valence-electron chi connectivity index (χ2n) is 3.90. The largest absolute Gasteiger partial charge is 0.383 e. The van der Waals surface area contributed by atoms with Crippen molar-refractivity contribution in [1.29, 1.82) is 0 Å². The molecule has 4 N–H and O–H groups in total. The maximum atomic E-state index is 5.69. The standard InChI is InChI=1S/C12H10BrN5/c13-8-2-1-7-3-4-18(9(7)5-8)11-6-10(14)16-12(15)17-11/h1-6H,(H4,14,15,16,17). The number of aromatic nitrogens is 3. The zero-order valence-electron chi connectivity index (χ0n) is 9.34. The summed E-state index contributed by atoms with van der Waals surface area (Å²) in [5, 5.41) is 1.12. The number of hydrogen-bond acceptors (Lipinski definition) is 4. The SMILES string of the molecule is Nc1cc(-n2ccc3ccc(Br)cc32)nc(N)n1. The Morgan fingerprint density at radius 3 is 2.67 bits per heavy atom. The molecule has 0 unspecified atom stereocenters. The zero-order valence-corrected chi connectivity index (χ0v) is 10.9. The van der Waals surface area contributed by atoms with Gasteiger partial charge in [-0.2, -0.15) is 9.97 Å². The van der Waals surface area contributed by atoms with Crippen LogP contribution in [0.3, 0.4) is 0 Å². The number of rotatable bonds is 1. The summed E-state index contributed by atoms with van der Waals surface area (Å²) in [6.07, 6.45) is 1.93. The third-order valence-electron chi connectivity index (χ3n) is 2.65. The first-order chi connectivity index (χ1) is 8.63. The number of fused-ring (bicyclic) bond motifs is 1. The molecule has 0 saturated heterocycles. The predicted molar refractivity (Wildman–Crippen MR) is 75.4 cm³/mol. The molecule has 3 aromatic rings. The molecule has 5 nitrogen and oxygen atoms in total. The Bertz CT molecular complexity index is 714. The lowest BCUT2D eigenvalue weighted by Crippen LogP contribution is -2.04. The lowest BCUT2D eigenvalue weighted by Gasteiger charge is -2.06. The van der Waals surface area contributed by atoms with Crippen molar-refractivity contribution in [2.75, 3.05) is 11.5 Å². The van der Waals surface area contributed by atoms with E-state index in [0.29, 0.717) is 11.6 Å². The van der Waals surface area contributed by atoms with Crippen molar-refractivity contribution in [3.05, 3.63) is 41.0 Å². The van der Waals surface area contributed by atoms with Crippen LogP contribution < -0.4 is 11.5 Å². The van der Waals surface area contributed by atoms with Crippen LogP contribution in [0, 0.1) is 0 Å². The number of anilines is 2. The van der Waals surface area contributed by atoms with E-state index in [4.69, 9.17) is 11.5 Å². The van der Waals surface area contributed by atoms with Gasteiger partial charge in [-0.3, -0.25) is 0 Å². The van der Waals surface area contributed by atoms with Gasteiger partial charge in [-0.25, -0.2) is 0 Å². The first-order valence-corrected chi connectivity index (χ1v) is 6.10. The van der Waals surface area contributed by atoms with Crippen LogP contribution >= 0.6 is 15.9 Å². The number of nitrogen functional groups attached to an aromatic ring is 2. The van der Waals surface area contributed by atoms with Crippen LogP contribution in [0.15, 0.2) is 41.0 Å². The van der Waals surface area contributed by atoms with E-state index in [9.17, 15) is 0 Å². The summed E-state index contributed by atoms with van der Waals surface area (Å²) in [7, 11) is 0. The number of nitrogens with zero attached hydrogens (tertiary/aromatic N) is 3. The van der Waals surface area contributed by atoms with Gasteiger partial charge in [0.05, 0.1) is 5.52 Å². The summed E-state index contributed by atoms with van der Waals surface area (Å²) in [5.41, 5.74) is 12.3. The van der Waals surface area contributed by atoms with Crippen molar-refractivity contribution in [3.8, 4) is 5.82 Å². The number of hydrogen-bond donors (Lipinski definition) is 2. The molecule has 0 atom stereocenters. The van der Waals surface area contributed by atoms with Crippen molar-refractivity contribution >= 4 is 38.6 Å². The Hall–Kier alpha value is -2.08. The Morgan fingerprint density at radius 2 is 1.89 bits per heavy atom. The van der Waals surface area contributed by atoms with Crippen molar-refractivity contribution in [2.45, 2.75) is 0 Å². The third kappa shape index (κ3) is 1.80. The Morgan fingerprint density at radius 1 is 1.06 bits per heavy atom. The van der Waals surface area contributed by atoms with E-state index < -0.39 is 0 Å². The van der Waals surface area contributed by atoms with Crippen molar-refractivity contribution in [2.24, 2.45) is 0 Å². The highest BCUT2D eigenvalue weighted by Crippen LogP contribution is 2.23. The van der Waals surface area contributed by atoms with Crippen LogP contribution in [-0.2, 0) is 0 Å². The minimum atomic E-state index is 0.168. The van der Waals surface area contributed by atoms with E-state index in [-0.39, 0.29) is 5.95 Å². The fourth-order valence-corrected chi connectivity index (χ4v) is 2.25. The molecule has 0 spiro atoms. The number of nitrogens with two attached hydrogens (primary N) is 2. The first-order valence-electron chi connectivity index (χ1n) is 5.30. The van der Waals surface area contributed by atoms with Gasteiger partial charge in [0.1, 0.15) is 11.6 Å². The Kier molecular flexibility index (Phi) is 2.45. The lowest BCUT2D eigenvalue weighted by atomic mass is 10.2. The van der Waals surface area contributed by atoms with E-state index in [1.165, 1.54) is 0 Å². The van der Waals surface area contributed by atoms with Crippen molar-refractivity contribution in [3.63, 3.8) is 0 Å². The summed E-state index contributed by atoms with van der Waals surface area (Å²) in [6, 6.07) is 9.75. The van der Waals surface area contributed by atoms with Gasteiger partial charge in [-0.05, 0) is 18.2 Å². The highest BCUT2D eigenvalue weighted by molar-refractivity contribution is 9.10. The Balaban J connectivity index is 2.27. The molecule has 90 valence electrons. The second kappa shape index (κ2) is 3.99. The molecule has 0 bridgehead atoms. The summed E-state index contributed by atoms with van der Waals surface area (Å²) in [4.78, 5) is 8.05. The van der Waals surface area contributed by atoms with Gasteiger partial charge in [0.25, 0.3) is 0 Å². The molecule has 18 heavy (non-hydrogen) atoms. The first kappa shape index (κ1) is 11.0. The normalized spacial score (nSPS) is 10.9. The van der Waals surface area contributed by atoms with E-state index in [0.717, 1.165) is 15.4 Å². The van der Waals surface area contributed by atoms with Gasteiger partial charge in [-0.15, -0.1) is 0 Å². The van der Waals surface area contributed by atoms with Gasteiger partial charge >= 0.3 is 0 Å². The minimum absolute atomic E-state index is 0.168. The molecule has 0 amide bonds. The van der Waals surface area contributed by atoms with E-state index >= 15 is 0 Å². The third-order valence-corrected chi connectivity index (χ3v) is 3.14. The van der Waals surface area contributed by atoms with Gasteiger partial charge in [0, 0.05) is 22.1 Å². The van der Waals surface area contributed by atoms with E-state index in [2.05, 4.69) is 25.9 Å². The van der Waals surface area contributed by atoms with Crippen LogP contribution in [0.5, 0.6) is 0 Å². The predicted octanol–water partition coefficient (Wildman–Crippen LogP) is 2.35. The number of benzene rings is 1. The average molecular weight is 304 g/mol. The van der Waals surface area contributed by atoms with E-state index in [1.54, 1.807) is 6.07 Å². The second-order valence-corrected chi connectivity index (χ2v) is 4.81. The molecular formula is C12H10BrN5. The zero-order chi connectivity index (χ0) is 12.7. The summed E-state index contributed by atoms with van der Waals surface area (Å²) in [6.45, 7) is 0. The Labute approximate surface area is 112 Å². The highest BCUT2D eigenvalue weighted by atomic mass is 79.9. The maximum Gasteiger partial charge on any atom is 0.223 e. The van der Waals surface area contributed by atoms with Crippen LogP contribution in [0.4, 0.5) is 11.8 Å². The molecular weight excluding hydrogens is 294 g/mol. The number of halogens is 1. The van der Waals surface area contributed by atoms with Gasteiger partial charge in [0.15, 0.2) is 0 Å². The van der Waals surface area contributed by atoms with Crippen molar-refractivity contribution < 1.29 is 0 Å².